The zero-order valence-electron chi connectivity index (χ0n) is 23.5. The summed E-state index contributed by atoms with van der Waals surface area (Å²) < 4.78 is 33.7. The molecule has 0 radical (unpaired) electrons. The van der Waals surface area contributed by atoms with Gasteiger partial charge in [-0.1, -0.05) is 42.5 Å². The molecular weight excluding hydrogens is 520 g/mol. The van der Waals surface area contributed by atoms with Crippen LogP contribution >= 0.6 is 0 Å². The van der Waals surface area contributed by atoms with Crippen LogP contribution in [0, 0.1) is 11.6 Å². The van der Waals surface area contributed by atoms with E-state index in [0.29, 0.717) is 12.1 Å². The van der Waals surface area contributed by atoms with Gasteiger partial charge in [-0.05, 0) is 53.8 Å². The van der Waals surface area contributed by atoms with Gasteiger partial charge in [0.25, 0.3) is 0 Å². The van der Waals surface area contributed by atoms with Crippen LogP contribution in [0.5, 0.6) is 5.75 Å². The molecule has 0 spiro atoms. The maximum atomic E-state index is 14.2. The number of methoxy groups -OCH3 is 1. The van der Waals surface area contributed by atoms with Gasteiger partial charge in [0.05, 0.1) is 18.7 Å². The quantitative estimate of drug-likeness (QED) is 0.372. The number of nitrogens with zero attached hydrogens (tertiary/aromatic N) is 5. The highest BCUT2D eigenvalue weighted by molar-refractivity contribution is 6.10. The number of ether oxygens (including phenoxy) is 1. The first-order valence-electron chi connectivity index (χ1n) is 14.2. The van der Waals surface area contributed by atoms with Crippen LogP contribution in [-0.2, 0) is 6.54 Å². The van der Waals surface area contributed by atoms with Crippen LogP contribution in [0.1, 0.15) is 41.1 Å². The first-order chi connectivity index (χ1) is 20.0. The monoisotopic (exact) mass is 555 g/mol. The van der Waals surface area contributed by atoms with Gasteiger partial charge in [0, 0.05) is 63.5 Å². The zero-order valence-corrected chi connectivity index (χ0v) is 23.5. The Balaban J connectivity index is 1.05. The lowest BCUT2D eigenvalue weighted by Crippen LogP contribution is -2.53. The van der Waals surface area contributed by atoms with E-state index in [4.69, 9.17) is 9.73 Å². The molecule has 3 aliphatic rings. The fourth-order valence-electron chi connectivity index (χ4n) is 5.91. The summed E-state index contributed by atoms with van der Waals surface area (Å²) in [5.41, 5.74) is 4.99. The summed E-state index contributed by atoms with van der Waals surface area (Å²) in [5, 5.41) is 0. The Hall–Kier alpha value is -3.88. The van der Waals surface area contributed by atoms with Crippen LogP contribution in [0.25, 0.3) is 5.57 Å². The summed E-state index contributed by atoms with van der Waals surface area (Å²) >= 11 is 0. The molecule has 0 bridgehead atoms. The van der Waals surface area contributed by atoms with Crippen molar-refractivity contribution < 1.29 is 13.5 Å². The minimum absolute atomic E-state index is 0.00596. The van der Waals surface area contributed by atoms with E-state index in [-0.39, 0.29) is 17.9 Å². The Morgan fingerprint density at radius 2 is 1.61 bits per heavy atom. The standard InChI is InChI=1S/C33H35F2N5O/c1-38-22-26(20-36-33(38)40-18-16-39(17-19-40)21-23-6-12-27(41-2)13-7-23)24-8-10-25(11-9-24)30-14-15-31(37-30)32-28(34)4-3-5-29(32)35/h3-13,20,22,30,33H,14-19,21H2,1-2H3. The molecule has 2 atom stereocenters. The number of allylic oxidation sites excluding steroid dienone is 1. The van der Waals surface area contributed by atoms with Crippen molar-refractivity contribution >= 4 is 17.5 Å². The highest BCUT2D eigenvalue weighted by atomic mass is 19.1. The Labute approximate surface area is 240 Å². The normalized spacial score (nSPS) is 21.6. The zero-order chi connectivity index (χ0) is 28.3. The third kappa shape index (κ3) is 5.94. The van der Waals surface area contributed by atoms with Gasteiger partial charge < -0.3 is 9.64 Å². The number of piperazine rings is 1. The smallest absolute Gasteiger partial charge is 0.178 e. The van der Waals surface area contributed by atoms with E-state index in [0.717, 1.165) is 61.6 Å². The molecule has 3 aromatic rings. The average Bonchev–Trinajstić information content (AvgIpc) is 3.48. The number of aliphatic imine (C=N–C) groups is 2. The summed E-state index contributed by atoms with van der Waals surface area (Å²) in [6.07, 6.45) is 5.42. The molecule has 3 aliphatic heterocycles. The van der Waals surface area contributed by atoms with E-state index in [2.05, 4.69) is 69.3 Å². The van der Waals surface area contributed by atoms with Gasteiger partial charge in [0.2, 0.25) is 0 Å². The highest BCUT2D eigenvalue weighted by Gasteiger charge is 2.28. The maximum absolute atomic E-state index is 14.2. The van der Waals surface area contributed by atoms with Crippen LogP contribution in [0.3, 0.4) is 0 Å². The molecule has 6 nitrogen and oxygen atoms in total. The minimum atomic E-state index is -0.555. The third-order valence-electron chi connectivity index (χ3n) is 8.20. The van der Waals surface area contributed by atoms with Crippen molar-refractivity contribution in [3.8, 4) is 5.75 Å². The molecule has 1 saturated heterocycles. The summed E-state index contributed by atoms with van der Waals surface area (Å²) in [5.74, 6) is -0.224. The van der Waals surface area contributed by atoms with E-state index < -0.39 is 11.6 Å². The lowest BCUT2D eigenvalue weighted by atomic mass is 9.99. The van der Waals surface area contributed by atoms with Crippen LogP contribution in [-0.4, -0.2) is 73.3 Å². The Morgan fingerprint density at radius 3 is 2.27 bits per heavy atom. The Bertz CT molecular complexity index is 1440. The predicted octanol–water partition coefficient (Wildman–Crippen LogP) is 5.76. The first kappa shape index (κ1) is 27.3. The molecule has 3 heterocycles. The van der Waals surface area contributed by atoms with Crippen LogP contribution in [0.15, 0.2) is 82.9 Å². The SMILES string of the molecule is COc1ccc(CN2CCN(C3N=CC(c4ccc(C5CCC(c6c(F)cccc6F)=N5)cc4)=CN3C)CC2)cc1. The molecule has 8 heteroatoms. The van der Waals surface area contributed by atoms with Gasteiger partial charge in [0.1, 0.15) is 17.4 Å². The first-order valence-corrected chi connectivity index (χ1v) is 14.2. The molecule has 2 unspecified atom stereocenters. The number of hydrogen-bond donors (Lipinski definition) is 0. The second kappa shape index (κ2) is 11.9. The second-order valence-electron chi connectivity index (χ2n) is 10.9. The van der Waals surface area contributed by atoms with Crippen molar-refractivity contribution in [2.45, 2.75) is 31.7 Å². The molecule has 0 aliphatic carbocycles. The van der Waals surface area contributed by atoms with E-state index in [1.807, 2.05) is 18.3 Å². The van der Waals surface area contributed by atoms with Gasteiger partial charge in [0.15, 0.2) is 6.29 Å². The molecule has 212 valence electrons. The Morgan fingerprint density at radius 1 is 0.902 bits per heavy atom. The van der Waals surface area contributed by atoms with Crippen molar-refractivity contribution in [3.05, 3.63) is 107 Å². The van der Waals surface area contributed by atoms with E-state index in [1.54, 1.807) is 7.11 Å². The molecule has 0 saturated carbocycles. The highest BCUT2D eigenvalue weighted by Crippen LogP contribution is 2.33. The van der Waals surface area contributed by atoms with Crippen molar-refractivity contribution in [2.75, 3.05) is 40.3 Å². The molecule has 1 fully saturated rings. The summed E-state index contributed by atoms with van der Waals surface area (Å²) in [7, 11) is 3.77. The number of halogens is 2. The number of rotatable bonds is 7. The number of hydrogen-bond acceptors (Lipinski definition) is 6. The molecule has 0 N–H and O–H groups in total. The van der Waals surface area contributed by atoms with E-state index >= 15 is 0 Å². The summed E-state index contributed by atoms with van der Waals surface area (Å²) in [6.45, 7) is 4.86. The minimum Gasteiger partial charge on any atom is -0.497 e. The summed E-state index contributed by atoms with van der Waals surface area (Å²) in [4.78, 5) is 16.7. The van der Waals surface area contributed by atoms with Crippen molar-refractivity contribution in [1.29, 1.82) is 0 Å². The molecular formula is C33H35F2N5O. The second-order valence-corrected chi connectivity index (χ2v) is 10.9. The van der Waals surface area contributed by atoms with Gasteiger partial charge in [-0.2, -0.15) is 0 Å². The summed E-state index contributed by atoms with van der Waals surface area (Å²) in [6, 6.07) is 20.4. The largest absolute Gasteiger partial charge is 0.497 e. The van der Waals surface area contributed by atoms with Crippen molar-refractivity contribution in [2.24, 2.45) is 9.98 Å². The van der Waals surface area contributed by atoms with Crippen molar-refractivity contribution in [3.63, 3.8) is 0 Å². The fourth-order valence-corrected chi connectivity index (χ4v) is 5.91. The van der Waals surface area contributed by atoms with Gasteiger partial charge in [-0.15, -0.1) is 0 Å². The lowest BCUT2D eigenvalue weighted by molar-refractivity contribution is 0.0421. The lowest BCUT2D eigenvalue weighted by Gasteiger charge is -2.41. The topological polar surface area (TPSA) is 43.7 Å². The molecule has 6 rings (SSSR count). The van der Waals surface area contributed by atoms with Crippen LogP contribution in [0.4, 0.5) is 8.78 Å². The van der Waals surface area contributed by atoms with Gasteiger partial charge in [-0.25, -0.2) is 8.78 Å². The molecule has 0 aromatic heterocycles. The van der Waals surface area contributed by atoms with Crippen LogP contribution in [0.2, 0.25) is 0 Å². The van der Waals surface area contributed by atoms with Crippen molar-refractivity contribution in [1.82, 2.24) is 14.7 Å². The average molecular weight is 556 g/mol. The fraction of sp³-hybridized carbons (Fsp3) is 0.333. The van der Waals surface area contributed by atoms with E-state index in [9.17, 15) is 8.78 Å². The molecule has 0 amide bonds. The van der Waals surface area contributed by atoms with Gasteiger partial charge >= 0.3 is 0 Å². The van der Waals surface area contributed by atoms with Crippen LogP contribution < -0.4 is 4.74 Å². The predicted molar refractivity (Wildman–Crippen MR) is 159 cm³/mol. The maximum Gasteiger partial charge on any atom is 0.178 e. The number of benzene rings is 3. The van der Waals surface area contributed by atoms with E-state index in [1.165, 1.54) is 23.8 Å². The molecule has 3 aromatic carbocycles. The molecule has 41 heavy (non-hydrogen) atoms. The van der Waals surface area contributed by atoms with Gasteiger partial charge in [-0.3, -0.25) is 19.8 Å². The third-order valence-corrected chi connectivity index (χ3v) is 8.20. The Kier molecular flexibility index (Phi) is 7.94.